The van der Waals surface area contributed by atoms with Gasteiger partial charge in [-0.3, -0.25) is 12.2 Å². The maximum Gasteiger partial charge on any atom is 0.295 e. The first-order valence-electron chi connectivity index (χ1n) is 3.52. The van der Waals surface area contributed by atoms with E-state index in [2.05, 4.69) is 0 Å². The highest BCUT2D eigenvalue weighted by atomic mass is 127. The third-order valence-corrected chi connectivity index (χ3v) is 5.09. The lowest BCUT2D eigenvalue weighted by atomic mass is 10.4. The Morgan fingerprint density at radius 1 is 1.00 bits per heavy atom. The molecular formula is C6H5IO7S2. The second-order valence-electron chi connectivity index (χ2n) is 2.62. The molecule has 1 rings (SSSR count). The Morgan fingerprint density at radius 3 is 1.94 bits per heavy atom. The molecule has 0 unspecified atom stereocenters. The van der Waals surface area contributed by atoms with Crippen molar-refractivity contribution in [2.75, 3.05) is 0 Å². The van der Waals surface area contributed by atoms with E-state index in [0.29, 0.717) is 6.07 Å². The molecule has 0 spiro atoms. The van der Waals surface area contributed by atoms with Crippen molar-refractivity contribution >= 4 is 41.4 Å². The summed E-state index contributed by atoms with van der Waals surface area (Å²) in [6.07, 6.45) is 0. The summed E-state index contributed by atoms with van der Waals surface area (Å²) in [5.74, 6) is 0. The van der Waals surface area contributed by atoms with Crippen LogP contribution in [0.5, 0.6) is 0 Å². The third-order valence-electron chi connectivity index (χ3n) is 1.56. The number of halogens is 1. The predicted molar refractivity (Wildman–Crippen MR) is 59.5 cm³/mol. The molecule has 10 heteroatoms. The van der Waals surface area contributed by atoms with Gasteiger partial charge in [-0.15, -0.1) is 0 Å². The molecule has 0 saturated heterocycles. The van der Waals surface area contributed by atoms with Crippen LogP contribution in [0.25, 0.3) is 0 Å². The molecule has 0 aliphatic rings. The quantitative estimate of drug-likeness (QED) is 0.583. The van der Waals surface area contributed by atoms with E-state index in [1.54, 1.807) is 0 Å². The fraction of sp³-hybridized carbons (Fsp3) is 0. The molecule has 7 nitrogen and oxygen atoms in total. The van der Waals surface area contributed by atoms with Crippen LogP contribution in [0.1, 0.15) is 0 Å². The largest absolute Gasteiger partial charge is 0.295 e. The third kappa shape index (κ3) is 3.04. The first-order chi connectivity index (χ1) is 7.16. The van der Waals surface area contributed by atoms with Crippen LogP contribution in [-0.2, 0) is 23.3 Å². The number of benzene rings is 1. The summed E-state index contributed by atoms with van der Waals surface area (Å²) in [6.45, 7) is 0. The number of rotatable bonds is 3. The van der Waals surface area contributed by atoms with Gasteiger partial charge in [0.15, 0.2) is 21.2 Å². The topological polar surface area (TPSA) is 126 Å². The second-order valence-corrected chi connectivity index (χ2v) is 7.03. The number of hydrogen-bond acceptors (Lipinski definition) is 5. The van der Waals surface area contributed by atoms with Crippen LogP contribution in [0.2, 0.25) is 0 Å². The van der Waals surface area contributed by atoms with E-state index >= 15 is 0 Å². The van der Waals surface area contributed by atoms with Gasteiger partial charge >= 0.3 is 0 Å². The highest BCUT2D eigenvalue weighted by Gasteiger charge is 2.20. The minimum atomic E-state index is -4.68. The van der Waals surface area contributed by atoms with Gasteiger partial charge in [0.05, 0.1) is 8.47 Å². The van der Waals surface area contributed by atoms with Gasteiger partial charge in [-0.2, -0.15) is 16.8 Å². The lowest BCUT2D eigenvalue weighted by Gasteiger charge is -2.02. The fourth-order valence-electron chi connectivity index (χ4n) is 0.906. The van der Waals surface area contributed by atoms with Crippen LogP contribution in [0.4, 0.5) is 0 Å². The SMILES string of the molecule is O=Ic1ccc(S(=O)(=O)O)cc1S(=O)(=O)O. The normalized spacial score (nSPS) is 12.6. The summed E-state index contributed by atoms with van der Waals surface area (Å²) in [5.41, 5.74) is 0. The van der Waals surface area contributed by atoms with Crippen molar-refractivity contribution in [3.63, 3.8) is 0 Å². The van der Waals surface area contributed by atoms with Crippen molar-refractivity contribution in [2.45, 2.75) is 9.79 Å². The standard InChI is InChI=1S/C6H5IO7S2/c8-7-5-2-1-4(15(9,10)11)3-6(5)16(12,13)14/h1-3H,(H,9,10,11)(H,12,13,14). The zero-order valence-corrected chi connectivity index (χ0v) is 11.2. The Morgan fingerprint density at radius 2 is 1.56 bits per heavy atom. The van der Waals surface area contributed by atoms with Crippen LogP contribution in [0.15, 0.2) is 28.0 Å². The molecule has 0 saturated carbocycles. The van der Waals surface area contributed by atoms with Crippen molar-refractivity contribution < 1.29 is 29.0 Å². The van der Waals surface area contributed by atoms with Gasteiger partial charge in [-0.1, -0.05) is 0 Å². The van der Waals surface area contributed by atoms with Crippen molar-refractivity contribution in [1.29, 1.82) is 0 Å². The molecule has 0 heterocycles. The van der Waals surface area contributed by atoms with Crippen LogP contribution < -0.4 is 0 Å². The van der Waals surface area contributed by atoms with E-state index in [9.17, 15) is 19.9 Å². The highest BCUT2D eigenvalue weighted by molar-refractivity contribution is 14.1. The van der Waals surface area contributed by atoms with Gasteiger partial charge in [0.2, 0.25) is 0 Å². The first kappa shape index (κ1) is 13.6. The molecule has 2 N–H and O–H groups in total. The Labute approximate surface area is 102 Å². The van der Waals surface area contributed by atoms with E-state index in [1.807, 2.05) is 0 Å². The van der Waals surface area contributed by atoms with Crippen LogP contribution in [-0.4, -0.2) is 25.9 Å². The summed E-state index contributed by atoms with van der Waals surface area (Å²) >= 11 is -1.89. The van der Waals surface area contributed by atoms with Crippen LogP contribution >= 0.6 is 21.2 Å². The highest BCUT2D eigenvalue weighted by Crippen LogP contribution is 2.24. The molecule has 0 atom stereocenters. The average molecular weight is 380 g/mol. The van der Waals surface area contributed by atoms with Crippen LogP contribution in [0, 0.1) is 3.57 Å². The van der Waals surface area contributed by atoms with Crippen molar-refractivity contribution in [1.82, 2.24) is 0 Å². The molecule has 16 heavy (non-hydrogen) atoms. The smallest absolute Gasteiger partial charge is 0.282 e. The predicted octanol–water partition coefficient (Wildman–Crippen LogP) is 0.666. The Bertz CT molecular complexity index is 631. The molecule has 0 aromatic heterocycles. The first-order valence-corrected chi connectivity index (χ1v) is 8.36. The monoisotopic (exact) mass is 380 g/mol. The molecule has 0 aliphatic carbocycles. The molecule has 0 amide bonds. The fourth-order valence-corrected chi connectivity index (χ4v) is 3.82. The molecule has 1 aromatic carbocycles. The minimum Gasteiger partial charge on any atom is -0.282 e. The molecule has 1 aromatic rings. The van der Waals surface area contributed by atoms with E-state index in [4.69, 9.17) is 9.11 Å². The zero-order valence-electron chi connectivity index (χ0n) is 7.36. The van der Waals surface area contributed by atoms with Gasteiger partial charge in [0, 0.05) is 0 Å². The zero-order chi connectivity index (χ0) is 12.6. The molecule has 0 fully saturated rings. The average Bonchev–Trinajstić information content (AvgIpc) is 2.14. The minimum absolute atomic E-state index is 0.172. The molecular weight excluding hydrogens is 375 g/mol. The van der Waals surface area contributed by atoms with Gasteiger partial charge < -0.3 is 0 Å². The molecule has 0 aliphatic heterocycles. The van der Waals surface area contributed by atoms with Gasteiger partial charge in [-0.25, -0.2) is 0 Å². The summed E-state index contributed by atoms with van der Waals surface area (Å²) in [5, 5.41) is 0. The van der Waals surface area contributed by atoms with E-state index in [0.717, 1.165) is 12.1 Å². The van der Waals surface area contributed by atoms with Gasteiger partial charge in [-0.05, 0) is 18.2 Å². The lowest BCUT2D eigenvalue weighted by molar-refractivity contribution is 0.480. The summed E-state index contributed by atoms with van der Waals surface area (Å²) < 4.78 is 71.1. The van der Waals surface area contributed by atoms with E-state index < -0.39 is 51.2 Å². The maximum absolute atomic E-state index is 10.8. The van der Waals surface area contributed by atoms with Gasteiger partial charge in [0.1, 0.15) is 4.90 Å². The molecule has 0 bridgehead atoms. The lowest BCUT2D eigenvalue weighted by Crippen LogP contribution is -2.05. The van der Waals surface area contributed by atoms with Gasteiger partial charge in [0.25, 0.3) is 20.2 Å². The van der Waals surface area contributed by atoms with Crippen molar-refractivity contribution in [2.24, 2.45) is 0 Å². The van der Waals surface area contributed by atoms with Crippen LogP contribution in [0.3, 0.4) is 0 Å². The Balaban J connectivity index is 3.65. The van der Waals surface area contributed by atoms with Crippen molar-refractivity contribution in [3.8, 4) is 0 Å². The Hall–Kier alpha value is -0.430. The molecule has 0 radical (unpaired) electrons. The molecule has 90 valence electrons. The summed E-state index contributed by atoms with van der Waals surface area (Å²) in [6, 6.07) is 2.42. The summed E-state index contributed by atoms with van der Waals surface area (Å²) in [7, 11) is -9.25. The second kappa shape index (κ2) is 4.44. The Kier molecular flexibility index (Phi) is 3.79. The van der Waals surface area contributed by atoms with E-state index in [1.165, 1.54) is 0 Å². The van der Waals surface area contributed by atoms with Crippen molar-refractivity contribution in [3.05, 3.63) is 21.8 Å². The maximum atomic E-state index is 10.8. The van der Waals surface area contributed by atoms with E-state index in [-0.39, 0.29) is 3.57 Å². The summed E-state index contributed by atoms with van der Waals surface area (Å²) in [4.78, 5) is -1.47. The number of hydrogen-bond donors (Lipinski definition) is 2.